The second-order valence-corrected chi connectivity index (χ2v) is 5.66. The Hall–Kier alpha value is -0.0800. The SMILES string of the molecule is CCC1CCCN([C@@H]2CCCC[C@H]2O)CC1. The number of likely N-dealkylation sites (tertiary alicyclic amines) is 1. The highest BCUT2D eigenvalue weighted by atomic mass is 16.3. The van der Waals surface area contributed by atoms with Gasteiger partial charge in [-0.25, -0.2) is 0 Å². The summed E-state index contributed by atoms with van der Waals surface area (Å²) in [4.78, 5) is 2.58. The van der Waals surface area contributed by atoms with Crippen molar-refractivity contribution in [3.05, 3.63) is 0 Å². The number of hydrogen-bond acceptors (Lipinski definition) is 2. The molecule has 0 bridgehead atoms. The quantitative estimate of drug-likeness (QED) is 0.781. The van der Waals surface area contributed by atoms with Crippen molar-refractivity contribution in [2.75, 3.05) is 13.1 Å². The second-order valence-electron chi connectivity index (χ2n) is 5.66. The van der Waals surface area contributed by atoms with Crippen molar-refractivity contribution >= 4 is 0 Å². The average Bonchev–Trinajstić information content (AvgIpc) is 2.55. The largest absolute Gasteiger partial charge is 0.391 e. The number of nitrogens with zero attached hydrogens (tertiary/aromatic N) is 1. The Morgan fingerprint density at radius 2 is 1.81 bits per heavy atom. The zero-order valence-corrected chi connectivity index (χ0v) is 10.7. The minimum atomic E-state index is -0.0491. The maximum absolute atomic E-state index is 10.1. The molecule has 1 aliphatic heterocycles. The third-order valence-electron chi connectivity index (χ3n) is 4.62. The summed E-state index contributed by atoms with van der Waals surface area (Å²) < 4.78 is 0. The zero-order valence-electron chi connectivity index (χ0n) is 10.7. The van der Waals surface area contributed by atoms with Gasteiger partial charge in [0.2, 0.25) is 0 Å². The molecular formula is C14H27NO. The van der Waals surface area contributed by atoms with E-state index in [2.05, 4.69) is 11.8 Å². The van der Waals surface area contributed by atoms with Gasteiger partial charge in [0.25, 0.3) is 0 Å². The Balaban J connectivity index is 1.88. The fourth-order valence-corrected chi connectivity index (χ4v) is 3.45. The first kappa shape index (κ1) is 12.4. The molecule has 1 heterocycles. The zero-order chi connectivity index (χ0) is 11.4. The molecule has 0 aromatic heterocycles. The van der Waals surface area contributed by atoms with E-state index in [1.807, 2.05) is 0 Å². The van der Waals surface area contributed by atoms with Crippen LogP contribution in [0.25, 0.3) is 0 Å². The number of aliphatic hydroxyl groups is 1. The fourth-order valence-electron chi connectivity index (χ4n) is 3.45. The summed E-state index contributed by atoms with van der Waals surface area (Å²) in [7, 11) is 0. The van der Waals surface area contributed by atoms with Gasteiger partial charge >= 0.3 is 0 Å². The molecular weight excluding hydrogens is 198 g/mol. The van der Waals surface area contributed by atoms with Gasteiger partial charge in [0, 0.05) is 6.04 Å². The summed E-state index contributed by atoms with van der Waals surface area (Å²) in [6, 6.07) is 0.476. The monoisotopic (exact) mass is 225 g/mol. The lowest BCUT2D eigenvalue weighted by atomic mass is 9.91. The molecule has 1 N–H and O–H groups in total. The van der Waals surface area contributed by atoms with Gasteiger partial charge in [-0.1, -0.05) is 26.2 Å². The molecule has 1 unspecified atom stereocenters. The van der Waals surface area contributed by atoms with Crippen LogP contribution < -0.4 is 0 Å². The molecule has 2 nitrogen and oxygen atoms in total. The Morgan fingerprint density at radius 3 is 2.56 bits per heavy atom. The maximum atomic E-state index is 10.1. The van der Waals surface area contributed by atoms with Gasteiger partial charge in [0.1, 0.15) is 0 Å². The third kappa shape index (κ3) is 2.98. The second kappa shape index (κ2) is 6.02. The summed E-state index contributed by atoms with van der Waals surface area (Å²) in [5.41, 5.74) is 0. The van der Waals surface area contributed by atoms with Crippen molar-refractivity contribution < 1.29 is 5.11 Å². The van der Waals surface area contributed by atoms with Gasteiger partial charge in [-0.2, -0.15) is 0 Å². The molecule has 0 amide bonds. The van der Waals surface area contributed by atoms with Gasteiger partial charge < -0.3 is 5.11 Å². The maximum Gasteiger partial charge on any atom is 0.0695 e. The first-order chi connectivity index (χ1) is 7.81. The Labute approximate surface area is 100 Å². The minimum absolute atomic E-state index is 0.0491. The van der Waals surface area contributed by atoms with Crippen molar-refractivity contribution in [1.82, 2.24) is 4.90 Å². The molecule has 1 saturated carbocycles. The highest BCUT2D eigenvalue weighted by Crippen LogP contribution is 2.27. The van der Waals surface area contributed by atoms with E-state index >= 15 is 0 Å². The predicted octanol–water partition coefficient (Wildman–Crippen LogP) is 2.80. The van der Waals surface area contributed by atoms with E-state index in [-0.39, 0.29) is 6.10 Å². The van der Waals surface area contributed by atoms with Crippen LogP contribution in [0.3, 0.4) is 0 Å². The van der Waals surface area contributed by atoms with Crippen molar-refractivity contribution in [2.24, 2.45) is 5.92 Å². The van der Waals surface area contributed by atoms with Crippen LogP contribution in [0.2, 0.25) is 0 Å². The van der Waals surface area contributed by atoms with Crippen molar-refractivity contribution in [1.29, 1.82) is 0 Å². The van der Waals surface area contributed by atoms with Crippen molar-refractivity contribution in [2.45, 2.75) is 70.4 Å². The minimum Gasteiger partial charge on any atom is -0.391 e. The lowest BCUT2D eigenvalue weighted by Gasteiger charge is -2.37. The van der Waals surface area contributed by atoms with E-state index in [0.717, 1.165) is 12.3 Å². The van der Waals surface area contributed by atoms with Crippen LogP contribution in [0.15, 0.2) is 0 Å². The molecule has 0 aromatic carbocycles. The predicted molar refractivity (Wildman–Crippen MR) is 67.5 cm³/mol. The molecule has 0 spiro atoms. The van der Waals surface area contributed by atoms with E-state index in [0.29, 0.717) is 6.04 Å². The third-order valence-corrected chi connectivity index (χ3v) is 4.62. The normalized spacial score (nSPS) is 38.2. The van der Waals surface area contributed by atoms with E-state index < -0.39 is 0 Å². The van der Waals surface area contributed by atoms with Crippen molar-refractivity contribution in [3.8, 4) is 0 Å². The first-order valence-corrected chi connectivity index (χ1v) is 7.23. The average molecular weight is 225 g/mol. The number of hydrogen-bond donors (Lipinski definition) is 1. The van der Waals surface area contributed by atoms with Crippen LogP contribution in [0.4, 0.5) is 0 Å². The summed E-state index contributed by atoms with van der Waals surface area (Å²) in [6.07, 6.45) is 10.2. The van der Waals surface area contributed by atoms with E-state index in [9.17, 15) is 5.11 Å². The smallest absolute Gasteiger partial charge is 0.0695 e. The van der Waals surface area contributed by atoms with Crippen LogP contribution >= 0.6 is 0 Å². The molecule has 0 aromatic rings. The van der Waals surface area contributed by atoms with Crippen LogP contribution in [0.1, 0.15) is 58.3 Å². The lowest BCUT2D eigenvalue weighted by molar-refractivity contribution is 0.0209. The molecule has 3 atom stereocenters. The van der Waals surface area contributed by atoms with E-state index in [1.165, 1.54) is 58.0 Å². The lowest BCUT2D eigenvalue weighted by Crippen LogP contribution is -2.45. The molecule has 94 valence electrons. The van der Waals surface area contributed by atoms with Gasteiger partial charge in [0.05, 0.1) is 6.10 Å². The number of aliphatic hydroxyl groups excluding tert-OH is 1. The van der Waals surface area contributed by atoms with Crippen LogP contribution in [-0.2, 0) is 0 Å². The molecule has 2 fully saturated rings. The summed E-state index contributed by atoms with van der Waals surface area (Å²) in [5.74, 6) is 0.936. The molecule has 2 aliphatic rings. The summed E-state index contributed by atoms with van der Waals surface area (Å²) in [5, 5.41) is 10.1. The highest BCUT2D eigenvalue weighted by molar-refractivity contribution is 4.84. The first-order valence-electron chi connectivity index (χ1n) is 7.23. The van der Waals surface area contributed by atoms with E-state index in [4.69, 9.17) is 0 Å². The number of rotatable bonds is 2. The van der Waals surface area contributed by atoms with Gasteiger partial charge in [-0.15, -0.1) is 0 Å². The molecule has 0 radical (unpaired) electrons. The van der Waals surface area contributed by atoms with Crippen LogP contribution in [0, 0.1) is 5.92 Å². The Kier molecular flexibility index (Phi) is 4.66. The van der Waals surface area contributed by atoms with Gasteiger partial charge in [-0.05, 0) is 51.1 Å². The van der Waals surface area contributed by atoms with Crippen LogP contribution in [-0.4, -0.2) is 35.2 Å². The van der Waals surface area contributed by atoms with E-state index in [1.54, 1.807) is 0 Å². The van der Waals surface area contributed by atoms with Gasteiger partial charge in [0.15, 0.2) is 0 Å². The molecule has 1 aliphatic carbocycles. The fraction of sp³-hybridized carbons (Fsp3) is 1.00. The summed E-state index contributed by atoms with van der Waals surface area (Å²) in [6.45, 7) is 4.76. The van der Waals surface area contributed by atoms with Gasteiger partial charge in [-0.3, -0.25) is 4.90 Å². The molecule has 16 heavy (non-hydrogen) atoms. The van der Waals surface area contributed by atoms with Crippen molar-refractivity contribution in [3.63, 3.8) is 0 Å². The summed E-state index contributed by atoms with van der Waals surface area (Å²) >= 11 is 0. The topological polar surface area (TPSA) is 23.5 Å². The standard InChI is InChI=1S/C14H27NO/c1-2-12-6-5-10-15(11-9-12)13-7-3-4-8-14(13)16/h12-14,16H,2-11H2,1H3/t12?,13-,14-/m1/s1. The Bertz CT molecular complexity index is 207. The molecule has 1 saturated heterocycles. The highest BCUT2D eigenvalue weighted by Gasteiger charge is 2.29. The van der Waals surface area contributed by atoms with Crippen LogP contribution in [0.5, 0.6) is 0 Å². The Morgan fingerprint density at radius 1 is 1.00 bits per heavy atom. The molecule has 2 rings (SSSR count). The molecule has 2 heteroatoms.